The fourth-order valence-corrected chi connectivity index (χ4v) is 2.74. The third-order valence-corrected chi connectivity index (χ3v) is 4.50. The summed E-state index contributed by atoms with van der Waals surface area (Å²) in [4.78, 5) is 22.9. The van der Waals surface area contributed by atoms with Crippen molar-refractivity contribution in [3.63, 3.8) is 0 Å². The number of rotatable bonds is 5. The third kappa shape index (κ3) is 3.39. The zero-order chi connectivity index (χ0) is 15.5. The first kappa shape index (κ1) is 15.4. The second kappa shape index (κ2) is 6.22. The number of carbonyl (C=O) groups excluding carboxylic acids is 1. The highest BCUT2D eigenvalue weighted by molar-refractivity contribution is 7.09. The Morgan fingerprint density at radius 1 is 1.38 bits per heavy atom. The number of hydrogen-bond donors (Lipinski definition) is 1. The molecule has 0 radical (unpaired) electrons. The lowest BCUT2D eigenvalue weighted by Gasteiger charge is -2.27. The number of nitrogens with zero attached hydrogens (tertiary/aromatic N) is 3. The normalized spacial score (nSPS) is 13.5. The van der Waals surface area contributed by atoms with Crippen molar-refractivity contribution in [2.45, 2.75) is 25.8 Å². The topological polar surface area (TPSA) is 58.1 Å². The van der Waals surface area contributed by atoms with Crippen LogP contribution >= 0.6 is 11.3 Å². The van der Waals surface area contributed by atoms with Crippen LogP contribution in [-0.4, -0.2) is 30.0 Å². The highest BCUT2D eigenvalue weighted by atomic mass is 32.1. The lowest BCUT2D eigenvalue weighted by atomic mass is 9.99. The first-order valence-corrected chi connectivity index (χ1v) is 7.70. The molecule has 0 saturated heterocycles. The number of nitrogens with one attached hydrogen (secondary N) is 1. The molecule has 1 unspecified atom stereocenters. The minimum Gasteiger partial charge on any atom is -0.363 e. The number of thiazole rings is 1. The van der Waals surface area contributed by atoms with Gasteiger partial charge in [0.05, 0.1) is 5.54 Å². The molecule has 2 aromatic rings. The first-order chi connectivity index (χ1) is 9.96. The van der Waals surface area contributed by atoms with Crippen LogP contribution in [0.1, 0.15) is 35.6 Å². The van der Waals surface area contributed by atoms with Gasteiger partial charge in [-0.05, 0) is 25.5 Å². The van der Waals surface area contributed by atoms with Crippen molar-refractivity contribution < 1.29 is 4.79 Å². The molecule has 0 aliphatic rings. The van der Waals surface area contributed by atoms with Gasteiger partial charge >= 0.3 is 0 Å². The summed E-state index contributed by atoms with van der Waals surface area (Å²) < 4.78 is 0. The van der Waals surface area contributed by atoms with Crippen LogP contribution in [0.5, 0.6) is 0 Å². The predicted octanol–water partition coefficient (Wildman–Crippen LogP) is 2.66. The van der Waals surface area contributed by atoms with Crippen LogP contribution in [0.4, 0.5) is 5.82 Å². The van der Waals surface area contributed by atoms with Gasteiger partial charge in [-0.3, -0.25) is 4.79 Å². The Morgan fingerprint density at radius 3 is 2.71 bits per heavy atom. The van der Waals surface area contributed by atoms with E-state index in [1.807, 2.05) is 38.2 Å². The van der Waals surface area contributed by atoms with Crippen LogP contribution in [0.2, 0.25) is 0 Å². The standard InChI is InChI=1S/C15H20N4OS/c1-5-15(2,14-17-8-9-21-14)18-13(20)11-6-7-16-12(10-11)19(3)4/h6-10H,5H2,1-4H3,(H,18,20). The van der Waals surface area contributed by atoms with E-state index in [9.17, 15) is 4.79 Å². The summed E-state index contributed by atoms with van der Waals surface area (Å²) in [5.74, 6) is 0.648. The molecular weight excluding hydrogens is 284 g/mol. The van der Waals surface area contributed by atoms with Gasteiger partial charge in [-0.2, -0.15) is 0 Å². The Kier molecular flexibility index (Phi) is 4.57. The average molecular weight is 304 g/mol. The maximum absolute atomic E-state index is 12.5. The lowest BCUT2D eigenvalue weighted by molar-refractivity contribution is 0.0902. The molecule has 0 aromatic carbocycles. The van der Waals surface area contributed by atoms with Gasteiger partial charge in [-0.25, -0.2) is 9.97 Å². The molecule has 0 spiro atoms. The molecule has 21 heavy (non-hydrogen) atoms. The van der Waals surface area contributed by atoms with Crippen LogP contribution in [0.15, 0.2) is 29.9 Å². The molecule has 1 N–H and O–H groups in total. The smallest absolute Gasteiger partial charge is 0.252 e. The fraction of sp³-hybridized carbons (Fsp3) is 0.400. The van der Waals surface area contributed by atoms with Gasteiger partial charge in [0.1, 0.15) is 10.8 Å². The number of carbonyl (C=O) groups is 1. The number of pyridine rings is 1. The van der Waals surface area contributed by atoms with E-state index in [1.165, 1.54) is 0 Å². The zero-order valence-electron chi connectivity index (χ0n) is 12.8. The summed E-state index contributed by atoms with van der Waals surface area (Å²) in [6.07, 6.45) is 4.19. The fourth-order valence-electron chi connectivity index (χ4n) is 1.92. The van der Waals surface area contributed by atoms with Gasteiger partial charge in [0.25, 0.3) is 5.91 Å². The second-order valence-corrected chi connectivity index (χ2v) is 6.17. The molecule has 1 amide bonds. The van der Waals surface area contributed by atoms with Crippen LogP contribution in [0.25, 0.3) is 0 Å². The lowest BCUT2D eigenvalue weighted by Crippen LogP contribution is -2.43. The SMILES string of the molecule is CCC(C)(NC(=O)c1ccnc(N(C)C)c1)c1nccs1. The maximum Gasteiger partial charge on any atom is 0.252 e. The molecule has 5 nitrogen and oxygen atoms in total. The van der Waals surface area contributed by atoms with Crippen LogP contribution in [0.3, 0.4) is 0 Å². The Balaban J connectivity index is 2.22. The van der Waals surface area contributed by atoms with Gasteiger partial charge < -0.3 is 10.2 Å². The highest BCUT2D eigenvalue weighted by Crippen LogP contribution is 2.26. The Bertz CT molecular complexity index is 612. The highest BCUT2D eigenvalue weighted by Gasteiger charge is 2.29. The third-order valence-electron chi connectivity index (χ3n) is 3.47. The Hall–Kier alpha value is -1.95. The van der Waals surface area contributed by atoms with Crippen molar-refractivity contribution in [1.29, 1.82) is 0 Å². The van der Waals surface area contributed by atoms with Crippen molar-refractivity contribution in [3.8, 4) is 0 Å². The number of anilines is 1. The summed E-state index contributed by atoms with van der Waals surface area (Å²) in [7, 11) is 3.80. The van der Waals surface area contributed by atoms with Crippen molar-refractivity contribution in [2.75, 3.05) is 19.0 Å². The van der Waals surface area contributed by atoms with E-state index < -0.39 is 5.54 Å². The van der Waals surface area contributed by atoms with Crippen LogP contribution < -0.4 is 10.2 Å². The van der Waals surface area contributed by atoms with Gasteiger partial charge in [0.15, 0.2) is 0 Å². The quantitative estimate of drug-likeness (QED) is 0.922. The molecule has 2 rings (SSSR count). The number of amides is 1. The minimum atomic E-state index is -0.452. The van der Waals surface area contributed by atoms with Crippen molar-refractivity contribution in [3.05, 3.63) is 40.5 Å². The predicted molar refractivity (Wildman–Crippen MR) is 85.8 cm³/mol. The molecule has 6 heteroatoms. The maximum atomic E-state index is 12.5. The van der Waals surface area contributed by atoms with Crippen LogP contribution in [-0.2, 0) is 5.54 Å². The van der Waals surface area contributed by atoms with E-state index in [2.05, 4.69) is 15.3 Å². The molecule has 0 aliphatic carbocycles. The molecule has 0 saturated carbocycles. The van der Waals surface area contributed by atoms with Gasteiger partial charge in [0, 0.05) is 37.4 Å². The molecule has 0 aliphatic heterocycles. The Morgan fingerprint density at radius 2 is 2.14 bits per heavy atom. The summed E-state index contributed by atoms with van der Waals surface area (Å²) in [5.41, 5.74) is 0.150. The van der Waals surface area contributed by atoms with Crippen molar-refractivity contribution in [2.24, 2.45) is 0 Å². The summed E-state index contributed by atoms with van der Waals surface area (Å²) in [6.45, 7) is 4.04. The van der Waals surface area contributed by atoms with Crippen molar-refractivity contribution in [1.82, 2.24) is 15.3 Å². The van der Waals surface area contributed by atoms with Crippen LogP contribution in [0, 0.1) is 0 Å². The van der Waals surface area contributed by atoms with Gasteiger partial charge in [0.2, 0.25) is 0 Å². The summed E-state index contributed by atoms with van der Waals surface area (Å²) in [5, 5.41) is 5.93. The van der Waals surface area contributed by atoms with E-state index in [0.717, 1.165) is 17.2 Å². The largest absolute Gasteiger partial charge is 0.363 e. The minimum absolute atomic E-state index is 0.111. The molecule has 1 atom stereocenters. The zero-order valence-corrected chi connectivity index (χ0v) is 13.6. The van der Waals surface area contributed by atoms with Gasteiger partial charge in [-0.15, -0.1) is 11.3 Å². The van der Waals surface area contributed by atoms with E-state index in [4.69, 9.17) is 0 Å². The molecular formula is C15H20N4OS. The van der Waals surface area contributed by atoms with Crippen molar-refractivity contribution >= 4 is 23.1 Å². The molecule has 2 heterocycles. The molecule has 0 bridgehead atoms. The number of aromatic nitrogens is 2. The summed E-state index contributed by atoms with van der Waals surface area (Å²) in [6, 6.07) is 3.51. The van der Waals surface area contributed by atoms with Gasteiger partial charge in [-0.1, -0.05) is 6.92 Å². The van der Waals surface area contributed by atoms with E-state index in [1.54, 1.807) is 35.9 Å². The molecule has 2 aromatic heterocycles. The average Bonchev–Trinajstić information content (AvgIpc) is 3.02. The monoisotopic (exact) mass is 304 g/mol. The first-order valence-electron chi connectivity index (χ1n) is 6.82. The molecule has 112 valence electrons. The Labute approximate surface area is 129 Å². The summed E-state index contributed by atoms with van der Waals surface area (Å²) >= 11 is 1.55. The van der Waals surface area contributed by atoms with E-state index in [-0.39, 0.29) is 5.91 Å². The number of hydrogen-bond acceptors (Lipinski definition) is 5. The second-order valence-electron chi connectivity index (χ2n) is 5.27. The molecule has 0 fully saturated rings. The van der Waals surface area contributed by atoms with E-state index in [0.29, 0.717) is 5.56 Å². The van der Waals surface area contributed by atoms with E-state index >= 15 is 0 Å².